The average molecular weight is 374 g/mol. The molecule has 0 unspecified atom stereocenters. The highest BCUT2D eigenvalue weighted by atomic mass is 16.5. The van der Waals surface area contributed by atoms with Crippen molar-refractivity contribution in [2.24, 2.45) is 0 Å². The first-order chi connectivity index (χ1) is 13.8. The molecule has 0 saturated carbocycles. The summed E-state index contributed by atoms with van der Waals surface area (Å²) in [6.45, 7) is 1.93. The zero-order valence-electron chi connectivity index (χ0n) is 15.5. The van der Waals surface area contributed by atoms with Crippen molar-refractivity contribution in [3.8, 4) is 5.75 Å². The number of ether oxygens (including phenoxy) is 1. The highest BCUT2D eigenvalue weighted by Gasteiger charge is 2.09. The summed E-state index contributed by atoms with van der Waals surface area (Å²) in [7, 11) is 0. The van der Waals surface area contributed by atoms with Gasteiger partial charge in [-0.25, -0.2) is 0 Å². The normalized spacial score (nSPS) is 10.9. The fraction of sp³-hybridized carbons (Fsp3) is 0.182. The first-order valence-corrected chi connectivity index (χ1v) is 9.28. The van der Waals surface area contributed by atoms with Gasteiger partial charge in [-0.1, -0.05) is 36.4 Å². The van der Waals surface area contributed by atoms with Crippen LogP contribution in [0.4, 0.5) is 0 Å². The van der Waals surface area contributed by atoms with Crippen LogP contribution in [0, 0.1) is 0 Å². The van der Waals surface area contributed by atoms with Crippen LogP contribution in [-0.4, -0.2) is 33.4 Å². The minimum absolute atomic E-state index is 0.0118. The molecule has 6 nitrogen and oxygen atoms in total. The quantitative estimate of drug-likeness (QED) is 0.516. The Morgan fingerprint density at radius 1 is 1.00 bits per heavy atom. The number of nitrogens with zero attached hydrogens (tertiary/aromatic N) is 3. The summed E-state index contributed by atoms with van der Waals surface area (Å²) in [5.41, 5.74) is 2.32. The van der Waals surface area contributed by atoms with Gasteiger partial charge in [0.1, 0.15) is 5.75 Å². The second kappa shape index (κ2) is 8.43. The number of fused-ring (bicyclic) bond motifs is 1. The van der Waals surface area contributed by atoms with Crippen LogP contribution in [0.15, 0.2) is 79.3 Å². The second-order valence-corrected chi connectivity index (χ2v) is 6.53. The first kappa shape index (κ1) is 17.9. The topological polar surface area (TPSA) is 61.1 Å². The Balaban J connectivity index is 1.37. The van der Waals surface area contributed by atoms with Crippen LogP contribution in [0.25, 0.3) is 10.9 Å². The molecule has 0 atom stereocenters. The van der Waals surface area contributed by atoms with E-state index in [1.807, 2.05) is 48.7 Å². The van der Waals surface area contributed by atoms with E-state index >= 15 is 0 Å². The van der Waals surface area contributed by atoms with Crippen LogP contribution >= 0.6 is 0 Å². The maximum absolute atomic E-state index is 12.1. The number of hydrogen-bond acceptors (Lipinski definition) is 3. The number of rotatable bonds is 8. The van der Waals surface area contributed by atoms with Crippen LogP contribution in [0.1, 0.15) is 5.56 Å². The molecule has 4 aromatic rings. The zero-order chi connectivity index (χ0) is 19.2. The average Bonchev–Trinajstić information content (AvgIpc) is 3.38. The Bertz CT molecular complexity index is 1040. The minimum Gasteiger partial charge on any atom is -0.483 e. The smallest absolute Gasteiger partial charge is 0.258 e. The zero-order valence-corrected chi connectivity index (χ0v) is 15.5. The van der Waals surface area contributed by atoms with Crippen LogP contribution in [-0.2, 0) is 17.9 Å². The Morgan fingerprint density at radius 2 is 1.89 bits per heavy atom. The molecule has 142 valence electrons. The molecule has 2 heterocycles. The summed E-state index contributed by atoms with van der Waals surface area (Å²) in [6.07, 6.45) is 5.63. The fourth-order valence-corrected chi connectivity index (χ4v) is 3.18. The van der Waals surface area contributed by atoms with Crippen molar-refractivity contribution in [2.45, 2.75) is 13.1 Å². The summed E-state index contributed by atoms with van der Waals surface area (Å²) in [4.78, 5) is 12.1. The number of amides is 1. The number of carbonyl (C=O) groups excluding carboxylic acids is 1. The third-order valence-electron chi connectivity index (χ3n) is 4.55. The van der Waals surface area contributed by atoms with Gasteiger partial charge in [0.15, 0.2) is 6.61 Å². The van der Waals surface area contributed by atoms with Crippen LogP contribution in [0.2, 0.25) is 0 Å². The van der Waals surface area contributed by atoms with Crippen LogP contribution in [0.5, 0.6) is 5.75 Å². The minimum atomic E-state index is -0.145. The molecule has 4 rings (SSSR count). The molecule has 2 aromatic carbocycles. The van der Waals surface area contributed by atoms with Crippen molar-refractivity contribution in [3.63, 3.8) is 0 Å². The van der Waals surface area contributed by atoms with Crippen LogP contribution < -0.4 is 10.1 Å². The SMILES string of the molecule is O=C(COc1cccc2c1ccn2Cc1ccccc1)NCCn1cccn1. The van der Waals surface area contributed by atoms with Gasteiger partial charge in [-0.15, -0.1) is 0 Å². The highest BCUT2D eigenvalue weighted by molar-refractivity contribution is 5.87. The molecule has 0 spiro atoms. The second-order valence-electron chi connectivity index (χ2n) is 6.53. The van der Waals surface area contributed by atoms with Gasteiger partial charge in [0.2, 0.25) is 0 Å². The van der Waals surface area contributed by atoms with Gasteiger partial charge in [0.05, 0.1) is 12.1 Å². The van der Waals surface area contributed by atoms with Crippen molar-refractivity contribution in [1.29, 1.82) is 0 Å². The maximum atomic E-state index is 12.1. The molecular weight excluding hydrogens is 352 g/mol. The molecule has 1 N–H and O–H groups in total. The number of nitrogens with one attached hydrogen (secondary N) is 1. The molecule has 1 amide bonds. The van der Waals surface area contributed by atoms with E-state index in [0.29, 0.717) is 18.8 Å². The summed E-state index contributed by atoms with van der Waals surface area (Å²) in [6, 6.07) is 20.1. The number of hydrogen-bond donors (Lipinski definition) is 1. The lowest BCUT2D eigenvalue weighted by Crippen LogP contribution is -2.31. The summed E-state index contributed by atoms with van der Waals surface area (Å²) in [5, 5.41) is 7.95. The van der Waals surface area contributed by atoms with Gasteiger partial charge >= 0.3 is 0 Å². The third kappa shape index (κ3) is 4.23. The largest absolute Gasteiger partial charge is 0.483 e. The van der Waals surface area contributed by atoms with E-state index in [-0.39, 0.29) is 12.5 Å². The van der Waals surface area contributed by atoms with E-state index in [1.165, 1.54) is 5.56 Å². The van der Waals surface area contributed by atoms with E-state index in [1.54, 1.807) is 10.9 Å². The summed E-state index contributed by atoms with van der Waals surface area (Å²) < 4.78 is 9.74. The fourth-order valence-electron chi connectivity index (χ4n) is 3.18. The summed E-state index contributed by atoms with van der Waals surface area (Å²) in [5.74, 6) is 0.569. The molecule has 0 radical (unpaired) electrons. The van der Waals surface area contributed by atoms with Gasteiger partial charge in [-0.3, -0.25) is 9.48 Å². The predicted octanol–water partition coefficient (Wildman–Crippen LogP) is 3.08. The molecule has 2 aromatic heterocycles. The first-order valence-electron chi connectivity index (χ1n) is 9.28. The van der Waals surface area contributed by atoms with Gasteiger partial charge in [0, 0.05) is 37.1 Å². The Kier molecular flexibility index (Phi) is 5.38. The van der Waals surface area contributed by atoms with Crippen molar-refractivity contribution >= 4 is 16.8 Å². The Morgan fingerprint density at radius 3 is 2.71 bits per heavy atom. The third-order valence-corrected chi connectivity index (χ3v) is 4.55. The molecule has 28 heavy (non-hydrogen) atoms. The Hall–Kier alpha value is -3.54. The van der Waals surface area contributed by atoms with Crippen molar-refractivity contribution in [2.75, 3.05) is 13.2 Å². The highest BCUT2D eigenvalue weighted by Crippen LogP contribution is 2.27. The van der Waals surface area contributed by atoms with Crippen molar-refractivity contribution in [3.05, 3.63) is 84.8 Å². The Labute approximate surface area is 163 Å². The molecule has 0 aliphatic heterocycles. The number of aromatic nitrogens is 3. The lowest BCUT2D eigenvalue weighted by molar-refractivity contribution is -0.123. The van der Waals surface area contributed by atoms with Gasteiger partial charge in [-0.05, 0) is 29.8 Å². The molecule has 0 bridgehead atoms. The molecular formula is C22H22N4O2. The lowest BCUT2D eigenvalue weighted by Gasteiger charge is -2.10. The van der Waals surface area contributed by atoms with Gasteiger partial charge in [-0.2, -0.15) is 5.10 Å². The summed E-state index contributed by atoms with van der Waals surface area (Å²) >= 11 is 0. The van der Waals surface area contributed by atoms with Crippen molar-refractivity contribution in [1.82, 2.24) is 19.7 Å². The molecule has 0 aliphatic carbocycles. The van der Waals surface area contributed by atoms with E-state index < -0.39 is 0 Å². The predicted molar refractivity (Wildman–Crippen MR) is 108 cm³/mol. The number of carbonyl (C=O) groups is 1. The monoisotopic (exact) mass is 374 g/mol. The van der Waals surface area contributed by atoms with Crippen molar-refractivity contribution < 1.29 is 9.53 Å². The van der Waals surface area contributed by atoms with Crippen LogP contribution in [0.3, 0.4) is 0 Å². The van der Waals surface area contributed by atoms with E-state index in [2.05, 4.69) is 39.4 Å². The number of benzene rings is 2. The molecule has 0 saturated heterocycles. The molecule has 0 aliphatic rings. The molecule has 0 fully saturated rings. The molecule has 6 heteroatoms. The maximum Gasteiger partial charge on any atom is 0.258 e. The van der Waals surface area contributed by atoms with E-state index in [9.17, 15) is 4.79 Å². The van der Waals surface area contributed by atoms with E-state index in [4.69, 9.17) is 4.74 Å². The van der Waals surface area contributed by atoms with E-state index in [0.717, 1.165) is 17.4 Å². The van der Waals surface area contributed by atoms with Gasteiger partial charge in [0.25, 0.3) is 5.91 Å². The lowest BCUT2D eigenvalue weighted by atomic mass is 10.2. The standard InChI is InChI=1S/C22H22N4O2/c27-22(23-12-15-26-13-5-11-24-26)17-28-21-9-4-8-20-19(21)10-14-25(20)16-18-6-2-1-3-7-18/h1-11,13-14H,12,15-17H2,(H,23,27). The van der Waals surface area contributed by atoms with Gasteiger partial charge < -0.3 is 14.6 Å².